The summed E-state index contributed by atoms with van der Waals surface area (Å²) in [7, 11) is 0. The number of aliphatic hydroxyl groups excluding tert-OH is 2. The van der Waals surface area contributed by atoms with Crippen molar-refractivity contribution in [1.82, 2.24) is 4.57 Å². The third-order valence-corrected chi connectivity index (χ3v) is 3.86. The van der Waals surface area contributed by atoms with Crippen molar-refractivity contribution in [3.05, 3.63) is 71.9 Å². The molecular weight excluding hydrogens is 262 g/mol. The van der Waals surface area contributed by atoms with Gasteiger partial charge in [0.2, 0.25) is 0 Å². The maximum atomic E-state index is 10.3. The Hall–Kier alpha value is -2.10. The van der Waals surface area contributed by atoms with Gasteiger partial charge in [-0.05, 0) is 30.0 Å². The quantitative estimate of drug-likeness (QED) is 0.772. The number of hydrogen-bond donors (Lipinski definition) is 2. The van der Waals surface area contributed by atoms with Crippen molar-refractivity contribution in [3.63, 3.8) is 0 Å². The molecule has 0 radical (unpaired) electrons. The highest BCUT2D eigenvalue weighted by molar-refractivity contribution is 5.80. The topological polar surface area (TPSA) is 45.4 Å². The van der Waals surface area contributed by atoms with Crippen molar-refractivity contribution < 1.29 is 10.2 Å². The average molecular weight is 281 g/mol. The molecule has 0 saturated carbocycles. The van der Waals surface area contributed by atoms with E-state index in [1.54, 1.807) is 0 Å². The van der Waals surface area contributed by atoms with Crippen molar-refractivity contribution in [2.24, 2.45) is 0 Å². The summed E-state index contributed by atoms with van der Waals surface area (Å²) in [6.07, 6.45) is 1.12. The van der Waals surface area contributed by atoms with Crippen LogP contribution in [0, 0.1) is 6.92 Å². The molecule has 3 aromatic rings. The highest BCUT2D eigenvalue weighted by Gasteiger charge is 2.23. The van der Waals surface area contributed by atoms with Gasteiger partial charge in [0.1, 0.15) is 6.10 Å². The summed E-state index contributed by atoms with van der Waals surface area (Å²) in [5, 5.41) is 20.9. The van der Waals surface area contributed by atoms with E-state index in [0.717, 1.165) is 22.0 Å². The summed E-state index contributed by atoms with van der Waals surface area (Å²) in [5.41, 5.74) is 3.19. The molecule has 0 aliphatic carbocycles. The van der Waals surface area contributed by atoms with Crippen LogP contribution in [0.25, 0.3) is 10.9 Å². The third kappa shape index (κ3) is 2.58. The van der Waals surface area contributed by atoms with Crippen LogP contribution < -0.4 is 0 Å². The van der Waals surface area contributed by atoms with Crippen LogP contribution in [0.5, 0.6) is 0 Å². The average Bonchev–Trinajstić information content (AvgIpc) is 2.91. The Morgan fingerprint density at radius 1 is 1.05 bits per heavy atom. The van der Waals surface area contributed by atoms with Crippen LogP contribution in [0.4, 0.5) is 0 Å². The molecule has 2 aromatic carbocycles. The number of benzene rings is 2. The molecule has 0 bridgehead atoms. The Labute approximate surface area is 124 Å². The maximum Gasteiger partial charge on any atom is 0.102 e. The minimum Gasteiger partial charge on any atom is -0.394 e. The normalized spacial score (nSPS) is 14.2. The smallest absolute Gasteiger partial charge is 0.102 e. The number of aryl methyl sites for hydroxylation is 1. The van der Waals surface area contributed by atoms with Crippen LogP contribution in [0.3, 0.4) is 0 Å². The fraction of sp³-hybridized carbons (Fsp3) is 0.222. The van der Waals surface area contributed by atoms with Crippen molar-refractivity contribution in [2.45, 2.75) is 19.1 Å². The second-order valence-electron chi connectivity index (χ2n) is 5.39. The van der Waals surface area contributed by atoms with Gasteiger partial charge >= 0.3 is 0 Å². The summed E-state index contributed by atoms with van der Waals surface area (Å²) in [6.45, 7) is 1.75. The molecule has 108 valence electrons. The number of aromatic nitrogens is 1. The molecule has 0 aliphatic heterocycles. The Morgan fingerprint density at radius 2 is 1.86 bits per heavy atom. The lowest BCUT2D eigenvalue weighted by atomic mass is 9.99. The van der Waals surface area contributed by atoms with E-state index in [1.807, 2.05) is 66.2 Å². The molecule has 3 nitrogen and oxygen atoms in total. The molecule has 0 spiro atoms. The molecule has 21 heavy (non-hydrogen) atoms. The highest BCUT2D eigenvalue weighted by atomic mass is 16.3. The monoisotopic (exact) mass is 281 g/mol. The Morgan fingerprint density at radius 3 is 2.62 bits per heavy atom. The molecule has 2 atom stereocenters. The Balaban J connectivity index is 2.16. The largest absolute Gasteiger partial charge is 0.394 e. The van der Waals surface area contributed by atoms with Crippen LogP contribution in [0.1, 0.15) is 17.2 Å². The first kappa shape index (κ1) is 13.9. The van der Waals surface area contributed by atoms with E-state index in [9.17, 15) is 10.2 Å². The van der Waals surface area contributed by atoms with Gasteiger partial charge in [-0.25, -0.2) is 0 Å². The molecule has 0 saturated heterocycles. The molecule has 2 N–H and O–H groups in total. The fourth-order valence-electron chi connectivity index (χ4n) is 2.87. The van der Waals surface area contributed by atoms with Gasteiger partial charge in [-0.3, -0.25) is 0 Å². The number of hydrogen-bond acceptors (Lipinski definition) is 2. The number of para-hydroxylation sites is 1. The number of rotatable bonds is 4. The zero-order valence-corrected chi connectivity index (χ0v) is 12.0. The number of fused-ring (bicyclic) bond motifs is 1. The van der Waals surface area contributed by atoms with E-state index in [1.165, 1.54) is 0 Å². The zero-order valence-electron chi connectivity index (χ0n) is 12.0. The summed E-state index contributed by atoms with van der Waals surface area (Å²) in [6, 6.07) is 17.8. The summed E-state index contributed by atoms with van der Waals surface area (Å²) in [4.78, 5) is 0. The van der Waals surface area contributed by atoms with E-state index in [-0.39, 0.29) is 12.6 Å². The molecule has 3 heteroatoms. The van der Waals surface area contributed by atoms with Gasteiger partial charge in [0, 0.05) is 11.7 Å². The SMILES string of the molecule is Cc1cccc([C@@H]([C@H](O)CO)n2ccc3ccccc32)c1. The molecule has 1 heterocycles. The van der Waals surface area contributed by atoms with Gasteiger partial charge in [0.15, 0.2) is 0 Å². The van der Waals surface area contributed by atoms with Gasteiger partial charge in [0.25, 0.3) is 0 Å². The number of nitrogens with zero attached hydrogens (tertiary/aromatic N) is 1. The number of aliphatic hydroxyl groups is 2. The van der Waals surface area contributed by atoms with Crippen molar-refractivity contribution in [3.8, 4) is 0 Å². The van der Waals surface area contributed by atoms with Gasteiger partial charge in [-0.1, -0.05) is 48.0 Å². The highest BCUT2D eigenvalue weighted by Crippen LogP contribution is 2.28. The first-order chi connectivity index (χ1) is 10.2. The van der Waals surface area contributed by atoms with Crippen molar-refractivity contribution in [1.29, 1.82) is 0 Å². The molecular formula is C18H19NO2. The summed E-state index contributed by atoms with van der Waals surface area (Å²) in [5.74, 6) is 0. The van der Waals surface area contributed by atoms with E-state index in [0.29, 0.717) is 0 Å². The van der Waals surface area contributed by atoms with Crippen LogP contribution in [0.2, 0.25) is 0 Å². The first-order valence-corrected chi connectivity index (χ1v) is 7.12. The third-order valence-electron chi connectivity index (χ3n) is 3.86. The van der Waals surface area contributed by atoms with Crippen LogP contribution >= 0.6 is 0 Å². The summed E-state index contributed by atoms with van der Waals surface area (Å²) < 4.78 is 2.03. The predicted molar refractivity (Wildman–Crippen MR) is 84.3 cm³/mol. The van der Waals surface area contributed by atoms with Gasteiger partial charge in [0.05, 0.1) is 12.6 Å². The molecule has 0 amide bonds. The summed E-state index contributed by atoms with van der Waals surface area (Å²) >= 11 is 0. The molecule has 1 aromatic heterocycles. The Bertz CT molecular complexity index is 748. The molecule has 0 aliphatic rings. The second kappa shape index (κ2) is 5.72. The second-order valence-corrected chi connectivity index (χ2v) is 5.39. The van der Waals surface area contributed by atoms with Gasteiger partial charge in [-0.2, -0.15) is 0 Å². The maximum absolute atomic E-state index is 10.3. The van der Waals surface area contributed by atoms with E-state index >= 15 is 0 Å². The van der Waals surface area contributed by atoms with Crippen LogP contribution in [0.15, 0.2) is 60.8 Å². The lowest BCUT2D eigenvalue weighted by molar-refractivity contribution is 0.0653. The first-order valence-electron chi connectivity index (χ1n) is 7.12. The molecule has 3 rings (SSSR count). The van der Waals surface area contributed by atoms with E-state index in [4.69, 9.17) is 0 Å². The zero-order chi connectivity index (χ0) is 14.8. The van der Waals surface area contributed by atoms with E-state index in [2.05, 4.69) is 6.07 Å². The standard InChI is InChI=1S/C18H19NO2/c1-13-5-4-7-15(11-13)18(17(21)12-20)19-10-9-14-6-2-3-8-16(14)19/h2-11,17-18,20-21H,12H2,1H3/t17-,18+/m1/s1. The van der Waals surface area contributed by atoms with E-state index < -0.39 is 6.10 Å². The van der Waals surface area contributed by atoms with Gasteiger partial charge in [-0.15, -0.1) is 0 Å². The lowest BCUT2D eigenvalue weighted by Gasteiger charge is -2.25. The van der Waals surface area contributed by atoms with Crippen LogP contribution in [-0.2, 0) is 0 Å². The minimum atomic E-state index is -0.845. The van der Waals surface area contributed by atoms with Crippen molar-refractivity contribution in [2.75, 3.05) is 6.61 Å². The predicted octanol–water partition coefficient (Wildman–Crippen LogP) is 2.89. The van der Waals surface area contributed by atoms with Crippen molar-refractivity contribution >= 4 is 10.9 Å². The molecule has 0 fully saturated rings. The van der Waals surface area contributed by atoms with Crippen LogP contribution in [-0.4, -0.2) is 27.5 Å². The molecule has 0 unspecified atom stereocenters. The fourth-order valence-corrected chi connectivity index (χ4v) is 2.87. The lowest BCUT2D eigenvalue weighted by Crippen LogP contribution is -2.28. The minimum absolute atomic E-state index is 0.273. The Kier molecular flexibility index (Phi) is 3.78. The van der Waals surface area contributed by atoms with Gasteiger partial charge < -0.3 is 14.8 Å².